The Balaban J connectivity index is 2.37. The fourth-order valence-corrected chi connectivity index (χ4v) is 4.46. The Morgan fingerprint density at radius 2 is 2.12 bits per heavy atom. The highest BCUT2D eigenvalue weighted by Gasteiger charge is 2.47. The molecule has 0 aromatic carbocycles. The zero-order valence-corrected chi connectivity index (χ0v) is 11.0. The molecule has 0 unspecified atom stereocenters. The van der Waals surface area contributed by atoms with Gasteiger partial charge in [0.05, 0.1) is 18.6 Å². The van der Waals surface area contributed by atoms with E-state index in [1.807, 2.05) is 0 Å². The molecule has 1 aromatic heterocycles. The second-order valence-corrected chi connectivity index (χ2v) is 7.26. The lowest BCUT2D eigenvalue weighted by molar-refractivity contribution is -0.148. The third-order valence-corrected chi connectivity index (χ3v) is 5.73. The Bertz CT molecular complexity index is 492. The zero-order valence-electron chi connectivity index (χ0n) is 9.38. The van der Waals surface area contributed by atoms with Crippen molar-refractivity contribution in [2.24, 2.45) is 0 Å². The van der Waals surface area contributed by atoms with E-state index in [2.05, 4.69) is 4.98 Å². The van der Waals surface area contributed by atoms with Crippen LogP contribution in [-0.4, -0.2) is 38.0 Å². The third kappa shape index (κ3) is 2.21. The smallest absolute Gasteiger partial charge is 0.318 e. The van der Waals surface area contributed by atoms with Gasteiger partial charge in [0, 0.05) is 11.6 Å². The van der Waals surface area contributed by atoms with Crippen LogP contribution in [0.5, 0.6) is 0 Å². The summed E-state index contributed by atoms with van der Waals surface area (Å²) in [5.41, 5.74) is -0.867. The average molecular weight is 275 g/mol. The maximum absolute atomic E-state index is 11.9. The van der Waals surface area contributed by atoms with Gasteiger partial charge in [0.15, 0.2) is 0 Å². The molecule has 1 fully saturated rings. The first-order valence-corrected chi connectivity index (χ1v) is 7.89. The molecule has 1 aliphatic rings. The van der Waals surface area contributed by atoms with Crippen molar-refractivity contribution in [1.82, 2.24) is 4.98 Å². The molecule has 1 aliphatic heterocycles. The minimum atomic E-state index is -3.02. The molecule has 1 saturated heterocycles. The van der Waals surface area contributed by atoms with Gasteiger partial charge >= 0.3 is 5.97 Å². The molecule has 7 heteroatoms. The number of carbonyl (C=O) groups is 1. The summed E-state index contributed by atoms with van der Waals surface area (Å²) in [6.07, 6.45) is 2.14. The van der Waals surface area contributed by atoms with E-state index in [-0.39, 0.29) is 30.3 Å². The molecule has 2 heterocycles. The van der Waals surface area contributed by atoms with E-state index >= 15 is 0 Å². The molecule has 0 bridgehead atoms. The van der Waals surface area contributed by atoms with Crippen LogP contribution in [-0.2, 0) is 24.8 Å². The molecule has 0 spiro atoms. The normalized spacial score (nSPS) is 21.9. The second kappa shape index (κ2) is 4.38. The van der Waals surface area contributed by atoms with Gasteiger partial charge in [-0.3, -0.25) is 4.79 Å². The molecule has 0 saturated carbocycles. The summed E-state index contributed by atoms with van der Waals surface area (Å²) in [4.78, 5) is 16.1. The van der Waals surface area contributed by atoms with E-state index in [9.17, 15) is 13.2 Å². The van der Waals surface area contributed by atoms with Crippen LogP contribution in [0.3, 0.4) is 0 Å². The van der Waals surface area contributed by atoms with E-state index in [4.69, 9.17) is 4.74 Å². The van der Waals surface area contributed by atoms with Gasteiger partial charge in [0.1, 0.15) is 20.3 Å². The maximum Gasteiger partial charge on any atom is 0.318 e. The fourth-order valence-electron chi connectivity index (χ4n) is 2.05. The van der Waals surface area contributed by atoms with Gasteiger partial charge in [-0.25, -0.2) is 13.4 Å². The lowest BCUT2D eigenvalue weighted by atomic mass is 9.82. The summed E-state index contributed by atoms with van der Waals surface area (Å²) in [6.45, 7) is 0. The molecule has 0 radical (unpaired) electrons. The number of thiazole rings is 1. The Kier molecular flexibility index (Phi) is 3.22. The number of nitrogens with zero attached hydrogens (tertiary/aromatic N) is 1. The molecule has 5 nitrogen and oxygen atoms in total. The predicted octanol–water partition coefficient (Wildman–Crippen LogP) is 0.763. The first-order chi connectivity index (χ1) is 8.00. The monoisotopic (exact) mass is 275 g/mol. The Labute approximate surface area is 104 Å². The molecule has 0 N–H and O–H groups in total. The van der Waals surface area contributed by atoms with Crippen molar-refractivity contribution in [1.29, 1.82) is 0 Å². The number of esters is 1. The van der Waals surface area contributed by atoms with Crippen LogP contribution >= 0.6 is 11.3 Å². The molecule has 0 atom stereocenters. The Morgan fingerprint density at radius 1 is 1.47 bits per heavy atom. The van der Waals surface area contributed by atoms with Crippen LogP contribution in [0.1, 0.15) is 17.8 Å². The van der Waals surface area contributed by atoms with Crippen molar-refractivity contribution in [2.75, 3.05) is 18.6 Å². The van der Waals surface area contributed by atoms with Crippen molar-refractivity contribution in [2.45, 2.75) is 18.3 Å². The molecular weight excluding hydrogens is 262 g/mol. The van der Waals surface area contributed by atoms with Crippen LogP contribution in [0, 0.1) is 0 Å². The molecular formula is C10H13NO4S2. The summed E-state index contributed by atoms with van der Waals surface area (Å²) in [5, 5.41) is 2.43. The molecule has 17 heavy (non-hydrogen) atoms. The Hall–Kier alpha value is -0.950. The zero-order chi connectivity index (χ0) is 12.5. The number of hydrogen-bond acceptors (Lipinski definition) is 6. The van der Waals surface area contributed by atoms with Gasteiger partial charge in [-0.05, 0) is 12.8 Å². The quantitative estimate of drug-likeness (QED) is 0.745. The van der Waals surface area contributed by atoms with Crippen molar-refractivity contribution in [3.63, 3.8) is 0 Å². The maximum atomic E-state index is 11.9. The Morgan fingerprint density at radius 3 is 2.59 bits per heavy atom. The number of hydrogen-bond donors (Lipinski definition) is 0. The van der Waals surface area contributed by atoms with E-state index < -0.39 is 15.3 Å². The highest BCUT2D eigenvalue weighted by Crippen LogP contribution is 2.38. The summed E-state index contributed by atoms with van der Waals surface area (Å²) < 4.78 is 27.7. The van der Waals surface area contributed by atoms with Gasteiger partial charge in [-0.1, -0.05) is 0 Å². The molecule has 0 aliphatic carbocycles. The fraction of sp³-hybridized carbons (Fsp3) is 0.600. The molecule has 2 rings (SSSR count). The van der Waals surface area contributed by atoms with Crippen LogP contribution < -0.4 is 0 Å². The minimum Gasteiger partial charge on any atom is -0.468 e. The van der Waals surface area contributed by atoms with E-state index in [0.717, 1.165) is 0 Å². The van der Waals surface area contributed by atoms with E-state index in [1.165, 1.54) is 18.4 Å². The molecule has 0 amide bonds. The third-order valence-electron chi connectivity index (χ3n) is 3.10. The number of ether oxygens (including phenoxy) is 1. The number of methoxy groups -OCH3 is 1. The van der Waals surface area contributed by atoms with Crippen molar-refractivity contribution in [3.05, 3.63) is 16.6 Å². The number of sulfone groups is 1. The van der Waals surface area contributed by atoms with Gasteiger partial charge in [0.2, 0.25) is 0 Å². The minimum absolute atomic E-state index is 0.0156. The molecule has 1 aromatic rings. The number of carbonyl (C=O) groups excluding carboxylic acids is 1. The lowest BCUT2D eigenvalue weighted by Crippen LogP contribution is -2.44. The van der Waals surface area contributed by atoms with Gasteiger partial charge in [-0.15, -0.1) is 11.3 Å². The van der Waals surface area contributed by atoms with Crippen LogP contribution in [0.4, 0.5) is 0 Å². The number of rotatable bonds is 2. The molecule has 94 valence electrons. The largest absolute Gasteiger partial charge is 0.468 e. The van der Waals surface area contributed by atoms with Gasteiger partial charge < -0.3 is 4.74 Å². The first-order valence-electron chi connectivity index (χ1n) is 5.19. The standard InChI is InChI=1S/C10H13NO4S2/c1-15-9(12)10(8-11-4-5-16-8)2-6-17(13,14)7-3-10/h4-5H,2-3,6-7H2,1H3. The van der Waals surface area contributed by atoms with Crippen molar-refractivity contribution >= 4 is 27.1 Å². The number of aromatic nitrogens is 1. The first kappa shape index (κ1) is 12.5. The average Bonchev–Trinajstić information content (AvgIpc) is 2.83. The SMILES string of the molecule is COC(=O)C1(c2nccs2)CCS(=O)(=O)CC1. The summed E-state index contributed by atoms with van der Waals surface area (Å²) in [7, 11) is -1.70. The van der Waals surface area contributed by atoms with Gasteiger partial charge in [0.25, 0.3) is 0 Å². The summed E-state index contributed by atoms with van der Waals surface area (Å²) in [6, 6.07) is 0. The summed E-state index contributed by atoms with van der Waals surface area (Å²) in [5.74, 6) is -0.356. The predicted molar refractivity (Wildman–Crippen MR) is 63.7 cm³/mol. The lowest BCUT2D eigenvalue weighted by Gasteiger charge is -2.32. The second-order valence-electron chi connectivity index (χ2n) is 4.06. The highest BCUT2D eigenvalue weighted by molar-refractivity contribution is 7.91. The van der Waals surface area contributed by atoms with Crippen LogP contribution in [0.2, 0.25) is 0 Å². The highest BCUT2D eigenvalue weighted by atomic mass is 32.2. The van der Waals surface area contributed by atoms with E-state index in [1.54, 1.807) is 11.6 Å². The van der Waals surface area contributed by atoms with Crippen LogP contribution in [0.15, 0.2) is 11.6 Å². The van der Waals surface area contributed by atoms with Crippen molar-refractivity contribution < 1.29 is 17.9 Å². The van der Waals surface area contributed by atoms with Crippen LogP contribution in [0.25, 0.3) is 0 Å². The van der Waals surface area contributed by atoms with Gasteiger partial charge in [-0.2, -0.15) is 0 Å². The topological polar surface area (TPSA) is 73.3 Å². The van der Waals surface area contributed by atoms with E-state index in [0.29, 0.717) is 5.01 Å². The van der Waals surface area contributed by atoms with Crippen molar-refractivity contribution in [3.8, 4) is 0 Å². The summed E-state index contributed by atoms with van der Waals surface area (Å²) >= 11 is 1.37.